The molecule has 0 saturated heterocycles. The normalized spacial score (nSPS) is 14.6. The molecule has 2 aromatic rings. The van der Waals surface area contributed by atoms with Crippen LogP contribution in [0.25, 0.3) is 10.6 Å². The number of nitrogens with zero attached hydrogens (tertiary/aromatic N) is 3. The average Bonchev–Trinajstić information content (AvgIpc) is 3.15. The van der Waals surface area contributed by atoms with Crippen molar-refractivity contribution in [2.24, 2.45) is 0 Å². The molecule has 0 atom stereocenters. The summed E-state index contributed by atoms with van der Waals surface area (Å²) < 4.78 is 1.82. The van der Waals surface area contributed by atoms with Gasteiger partial charge in [0.05, 0.1) is 5.56 Å². The number of pyridine rings is 1. The van der Waals surface area contributed by atoms with Crippen LogP contribution >= 0.6 is 11.3 Å². The van der Waals surface area contributed by atoms with E-state index in [9.17, 15) is 4.79 Å². The predicted octanol–water partition coefficient (Wildman–Crippen LogP) is 2.52. The summed E-state index contributed by atoms with van der Waals surface area (Å²) in [5, 5.41) is 12.8. The third-order valence-electron chi connectivity index (χ3n) is 3.10. The molecule has 0 radical (unpaired) electrons. The predicted molar refractivity (Wildman–Crippen MR) is 76.7 cm³/mol. The maximum Gasteiger partial charge on any atom is 0.261 e. The summed E-state index contributed by atoms with van der Waals surface area (Å²) in [6, 6.07) is 4.12. The molecule has 100 valence electrons. The van der Waals surface area contributed by atoms with Crippen molar-refractivity contribution in [1.82, 2.24) is 14.8 Å². The number of anilines is 1. The quantitative estimate of drug-likeness (QED) is 0.911. The van der Waals surface area contributed by atoms with Crippen molar-refractivity contribution in [3.8, 4) is 10.6 Å². The lowest BCUT2D eigenvalue weighted by molar-refractivity contribution is 0.709. The summed E-state index contributed by atoms with van der Waals surface area (Å²) in [5.74, 6) is 0. The second-order valence-electron chi connectivity index (χ2n) is 4.70. The molecule has 0 aliphatic heterocycles. The molecule has 19 heavy (non-hydrogen) atoms. The van der Waals surface area contributed by atoms with E-state index in [0.717, 1.165) is 30.9 Å². The smallest absolute Gasteiger partial charge is 0.261 e. The Labute approximate surface area is 115 Å². The van der Waals surface area contributed by atoms with Crippen molar-refractivity contribution in [3.05, 3.63) is 28.7 Å². The molecule has 0 bridgehead atoms. The van der Waals surface area contributed by atoms with Crippen LogP contribution in [-0.4, -0.2) is 21.3 Å². The minimum atomic E-state index is 0.0446. The van der Waals surface area contributed by atoms with Crippen molar-refractivity contribution in [2.75, 3.05) is 11.9 Å². The van der Waals surface area contributed by atoms with E-state index in [1.54, 1.807) is 0 Å². The third-order valence-corrected chi connectivity index (χ3v) is 4.01. The van der Waals surface area contributed by atoms with Gasteiger partial charge in [0.15, 0.2) is 5.01 Å². The van der Waals surface area contributed by atoms with Gasteiger partial charge in [-0.1, -0.05) is 18.3 Å². The van der Waals surface area contributed by atoms with Gasteiger partial charge in [0.2, 0.25) is 5.13 Å². The number of nitrogens with one attached hydrogen (secondary N) is 1. The molecule has 5 nitrogen and oxygen atoms in total. The van der Waals surface area contributed by atoms with E-state index >= 15 is 0 Å². The monoisotopic (exact) mass is 276 g/mol. The Kier molecular flexibility index (Phi) is 3.33. The SMILES string of the molecule is CCCNc1nnc(-c2cccn(C3CC3)c2=O)s1. The molecule has 1 saturated carbocycles. The van der Waals surface area contributed by atoms with Crippen molar-refractivity contribution in [2.45, 2.75) is 32.2 Å². The lowest BCUT2D eigenvalue weighted by Gasteiger charge is -2.03. The van der Waals surface area contributed by atoms with Crippen LogP contribution in [0.4, 0.5) is 5.13 Å². The average molecular weight is 276 g/mol. The Morgan fingerprint density at radius 2 is 2.32 bits per heavy atom. The van der Waals surface area contributed by atoms with Gasteiger partial charge < -0.3 is 9.88 Å². The lowest BCUT2D eigenvalue weighted by Crippen LogP contribution is -2.19. The summed E-state index contributed by atoms with van der Waals surface area (Å²) in [4.78, 5) is 12.4. The van der Waals surface area contributed by atoms with E-state index in [1.165, 1.54) is 11.3 Å². The van der Waals surface area contributed by atoms with Gasteiger partial charge in [-0.25, -0.2) is 0 Å². The minimum Gasteiger partial charge on any atom is -0.360 e. The highest BCUT2D eigenvalue weighted by Gasteiger charge is 2.25. The van der Waals surface area contributed by atoms with Gasteiger partial charge in [-0.2, -0.15) is 0 Å². The minimum absolute atomic E-state index is 0.0446. The molecular weight excluding hydrogens is 260 g/mol. The molecule has 2 heterocycles. The molecule has 3 rings (SSSR count). The van der Waals surface area contributed by atoms with Crippen molar-refractivity contribution in [1.29, 1.82) is 0 Å². The van der Waals surface area contributed by atoms with Crippen molar-refractivity contribution in [3.63, 3.8) is 0 Å². The van der Waals surface area contributed by atoms with Crippen LogP contribution < -0.4 is 10.9 Å². The second-order valence-corrected chi connectivity index (χ2v) is 5.68. The summed E-state index contributed by atoms with van der Waals surface area (Å²) in [6.07, 6.45) is 5.10. The Morgan fingerprint density at radius 1 is 1.47 bits per heavy atom. The standard InChI is InChI=1S/C13H16N4OS/c1-2-7-14-13-16-15-11(19-13)10-4-3-8-17(12(10)18)9-5-6-9/h3-4,8-9H,2,5-7H2,1H3,(H,14,16). The summed E-state index contributed by atoms with van der Waals surface area (Å²) in [7, 11) is 0. The molecule has 0 aromatic carbocycles. The Morgan fingerprint density at radius 3 is 3.05 bits per heavy atom. The highest BCUT2D eigenvalue weighted by Crippen LogP contribution is 2.34. The highest BCUT2D eigenvalue weighted by atomic mass is 32.1. The lowest BCUT2D eigenvalue weighted by atomic mass is 10.3. The third kappa shape index (κ3) is 2.53. The molecule has 2 aromatic heterocycles. The van der Waals surface area contributed by atoms with Gasteiger partial charge in [0.25, 0.3) is 5.56 Å². The molecule has 0 spiro atoms. The van der Waals surface area contributed by atoms with E-state index in [2.05, 4.69) is 22.4 Å². The van der Waals surface area contributed by atoms with Gasteiger partial charge in [-0.3, -0.25) is 4.79 Å². The highest BCUT2D eigenvalue weighted by molar-refractivity contribution is 7.18. The van der Waals surface area contributed by atoms with Crippen LogP contribution in [0.2, 0.25) is 0 Å². The van der Waals surface area contributed by atoms with E-state index in [-0.39, 0.29) is 5.56 Å². The summed E-state index contributed by atoms with van der Waals surface area (Å²) in [6.45, 7) is 2.97. The van der Waals surface area contributed by atoms with E-state index in [4.69, 9.17) is 0 Å². The number of rotatable bonds is 5. The van der Waals surface area contributed by atoms with Crippen LogP contribution in [0.15, 0.2) is 23.1 Å². The topological polar surface area (TPSA) is 59.8 Å². The zero-order valence-corrected chi connectivity index (χ0v) is 11.6. The molecule has 1 aliphatic rings. The zero-order valence-electron chi connectivity index (χ0n) is 10.8. The van der Waals surface area contributed by atoms with Crippen LogP contribution in [0, 0.1) is 0 Å². The van der Waals surface area contributed by atoms with Gasteiger partial charge >= 0.3 is 0 Å². The van der Waals surface area contributed by atoms with Crippen LogP contribution in [0.5, 0.6) is 0 Å². The number of aromatic nitrogens is 3. The fourth-order valence-corrected chi connectivity index (χ4v) is 2.73. The van der Waals surface area contributed by atoms with E-state index in [0.29, 0.717) is 16.6 Å². The first kappa shape index (κ1) is 12.3. The van der Waals surface area contributed by atoms with Crippen LogP contribution in [0.3, 0.4) is 0 Å². The summed E-state index contributed by atoms with van der Waals surface area (Å²) in [5.41, 5.74) is 0.694. The van der Waals surface area contributed by atoms with E-state index < -0.39 is 0 Å². The molecule has 1 aliphatic carbocycles. The summed E-state index contributed by atoms with van der Waals surface area (Å²) >= 11 is 1.43. The second kappa shape index (κ2) is 5.13. The van der Waals surface area contributed by atoms with Crippen molar-refractivity contribution < 1.29 is 0 Å². The molecule has 1 N–H and O–H groups in total. The number of hydrogen-bond acceptors (Lipinski definition) is 5. The Bertz CT molecular complexity index is 630. The first-order chi connectivity index (χ1) is 9.29. The maximum atomic E-state index is 12.4. The van der Waals surface area contributed by atoms with E-state index in [1.807, 2.05) is 22.9 Å². The van der Waals surface area contributed by atoms with Gasteiger partial charge in [0, 0.05) is 18.8 Å². The Balaban J connectivity index is 1.91. The molecule has 0 unspecified atom stereocenters. The maximum absolute atomic E-state index is 12.4. The van der Waals surface area contributed by atoms with Crippen LogP contribution in [-0.2, 0) is 0 Å². The first-order valence-electron chi connectivity index (χ1n) is 6.58. The van der Waals surface area contributed by atoms with Gasteiger partial charge in [-0.15, -0.1) is 10.2 Å². The Hall–Kier alpha value is -1.69. The molecule has 1 fully saturated rings. The molecule has 6 heteroatoms. The van der Waals surface area contributed by atoms with Gasteiger partial charge in [0.1, 0.15) is 0 Å². The van der Waals surface area contributed by atoms with Gasteiger partial charge in [-0.05, 0) is 31.4 Å². The fraction of sp³-hybridized carbons (Fsp3) is 0.462. The number of hydrogen-bond donors (Lipinski definition) is 1. The fourth-order valence-electron chi connectivity index (χ4n) is 1.95. The molecular formula is C13H16N4OS. The zero-order chi connectivity index (χ0) is 13.2. The van der Waals surface area contributed by atoms with Crippen molar-refractivity contribution >= 4 is 16.5 Å². The van der Waals surface area contributed by atoms with Crippen LogP contribution in [0.1, 0.15) is 32.2 Å². The first-order valence-corrected chi connectivity index (χ1v) is 7.40. The molecule has 0 amide bonds. The largest absolute Gasteiger partial charge is 0.360 e.